The average Bonchev–Trinajstić information content (AvgIpc) is 2.46. The number of ether oxygens (including phenoxy) is 2. The molecule has 0 aliphatic carbocycles. The van der Waals surface area contributed by atoms with E-state index >= 15 is 0 Å². The Hall–Kier alpha value is -1.60. The largest absolute Gasteiger partial charge is 0.496 e. The first kappa shape index (κ1) is 18.4. The van der Waals surface area contributed by atoms with E-state index in [0.717, 1.165) is 5.56 Å². The van der Waals surface area contributed by atoms with Crippen molar-refractivity contribution in [3.05, 3.63) is 22.8 Å². The smallest absolute Gasteiger partial charge is 0.305 e. The molecule has 0 aromatic heterocycles. The highest BCUT2D eigenvalue weighted by atomic mass is 32.2. The Morgan fingerprint density at radius 1 is 1.18 bits per heavy atom. The quantitative estimate of drug-likeness (QED) is 0.610. The Kier molecular flexibility index (Phi) is 6.37. The molecule has 0 spiro atoms. The molecule has 0 fully saturated rings. The van der Waals surface area contributed by atoms with Gasteiger partial charge < -0.3 is 9.47 Å². The van der Waals surface area contributed by atoms with Gasteiger partial charge in [0, 0.05) is 13.0 Å². The molecule has 22 heavy (non-hydrogen) atoms. The number of hydrogen-bond donors (Lipinski definition) is 1. The molecule has 0 heterocycles. The van der Waals surface area contributed by atoms with E-state index in [9.17, 15) is 13.2 Å². The molecule has 7 heteroatoms. The van der Waals surface area contributed by atoms with Crippen LogP contribution in [0.25, 0.3) is 0 Å². The Bertz CT molecular complexity index is 652. The van der Waals surface area contributed by atoms with Crippen molar-refractivity contribution in [3.63, 3.8) is 0 Å². The van der Waals surface area contributed by atoms with Crippen molar-refractivity contribution in [2.75, 3.05) is 20.8 Å². The van der Waals surface area contributed by atoms with Crippen LogP contribution >= 0.6 is 0 Å². The molecular formula is C15H23NO5S. The monoisotopic (exact) mass is 329 g/mol. The molecule has 0 amide bonds. The fraction of sp³-hybridized carbons (Fsp3) is 0.533. The van der Waals surface area contributed by atoms with E-state index in [0.29, 0.717) is 23.3 Å². The van der Waals surface area contributed by atoms with Crippen LogP contribution in [0, 0.1) is 20.8 Å². The summed E-state index contributed by atoms with van der Waals surface area (Å²) >= 11 is 0. The van der Waals surface area contributed by atoms with Gasteiger partial charge >= 0.3 is 5.97 Å². The van der Waals surface area contributed by atoms with Gasteiger partial charge in [0.2, 0.25) is 10.0 Å². The fourth-order valence-corrected chi connectivity index (χ4v) is 3.86. The van der Waals surface area contributed by atoms with Gasteiger partial charge in [-0.05, 0) is 49.9 Å². The van der Waals surface area contributed by atoms with Crippen molar-refractivity contribution in [2.24, 2.45) is 0 Å². The number of benzene rings is 1. The van der Waals surface area contributed by atoms with Gasteiger partial charge in [0.25, 0.3) is 0 Å². The summed E-state index contributed by atoms with van der Waals surface area (Å²) in [5.41, 5.74) is 2.08. The third-order valence-corrected chi connectivity index (χ3v) is 5.29. The third-order valence-electron chi connectivity index (χ3n) is 3.54. The second kappa shape index (κ2) is 7.60. The van der Waals surface area contributed by atoms with E-state index in [1.807, 2.05) is 6.92 Å². The highest BCUT2D eigenvalue weighted by Crippen LogP contribution is 2.30. The maximum Gasteiger partial charge on any atom is 0.305 e. The Morgan fingerprint density at radius 3 is 2.36 bits per heavy atom. The summed E-state index contributed by atoms with van der Waals surface area (Å²) in [4.78, 5) is 11.3. The lowest BCUT2D eigenvalue weighted by Crippen LogP contribution is -2.27. The highest BCUT2D eigenvalue weighted by molar-refractivity contribution is 7.89. The predicted octanol–water partition coefficient (Wildman–Crippen LogP) is 1.85. The number of carbonyl (C=O) groups is 1. The van der Waals surface area contributed by atoms with Gasteiger partial charge in [0.1, 0.15) is 5.75 Å². The molecule has 1 rings (SSSR count). The van der Waals surface area contributed by atoms with Crippen LogP contribution in [0.3, 0.4) is 0 Å². The normalized spacial score (nSPS) is 11.3. The van der Waals surface area contributed by atoms with Crippen molar-refractivity contribution >= 4 is 16.0 Å². The predicted molar refractivity (Wildman–Crippen MR) is 83.6 cm³/mol. The second-order valence-corrected chi connectivity index (χ2v) is 6.76. The molecule has 0 bridgehead atoms. The maximum absolute atomic E-state index is 12.5. The van der Waals surface area contributed by atoms with E-state index in [2.05, 4.69) is 9.46 Å². The number of sulfonamides is 1. The SMILES string of the molecule is COC(=O)CCCNS(=O)(=O)c1c(C)cc(OC)c(C)c1C. The summed E-state index contributed by atoms with van der Waals surface area (Å²) < 4.78 is 37.2. The lowest BCUT2D eigenvalue weighted by Gasteiger charge is -2.16. The van der Waals surface area contributed by atoms with Crippen LogP contribution in [-0.2, 0) is 19.6 Å². The zero-order valence-electron chi connectivity index (χ0n) is 13.6. The lowest BCUT2D eigenvalue weighted by atomic mass is 10.1. The zero-order valence-corrected chi connectivity index (χ0v) is 14.5. The Labute approximate surface area is 131 Å². The number of aryl methyl sites for hydroxylation is 1. The number of esters is 1. The van der Waals surface area contributed by atoms with Gasteiger partial charge in [-0.2, -0.15) is 0 Å². The highest BCUT2D eigenvalue weighted by Gasteiger charge is 2.22. The standard InChI is InChI=1S/C15H23NO5S/c1-10-9-13(20-4)11(2)12(3)15(10)22(18,19)16-8-6-7-14(17)21-5/h9,16H,6-8H2,1-5H3. The summed E-state index contributed by atoms with van der Waals surface area (Å²) in [6.45, 7) is 5.50. The number of hydrogen-bond acceptors (Lipinski definition) is 5. The molecule has 0 atom stereocenters. The number of carbonyl (C=O) groups excluding carboxylic acids is 1. The molecule has 6 nitrogen and oxygen atoms in total. The molecule has 0 unspecified atom stereocenters. The second-order valence-electron chi connectivity index (χ2n) is 5.05. The first-order chi connectivity index (χ1) is 10.2. The summed E-state index contributed by atoms with van der Waals surface area (Å²) in [6, 6.07) is 1.71. The van der Waals surface area contributed by atoms with Gasteiger partial charge in [-0.25, -0.2) is 13.1 Å². The molecule has 0 radical (unpaired) electrons. The van der Waals surface area contributed by atoms with E-state index in [-0.39, 0.29) is 23.8 Å². The van der Waals surface area contributed by atoms with Crippen LogP contribution in [0.15, 0.2) is 11.0 Å². The number of rotatable bonds is 7. The van der Waals surface area contributed by atoms with E-state index in [1.165, 1.54) is 7.11 Å². The summed E-state index contributed by atoms with van der Waals surface area (Å²) in [7, 11) is -0.771. The molecule has 0 aliphatic rings. The van der Waals surface area contributed by atoms with Gasteiger partial charge in [-0.1, -0.05) is 0 Å². The van der Waals surface area contributed by atoms with Crippen molar-refractivity contribution in [3.8, 4) is 5.75 Å². The van der Waals surface area contributed by atoms with Crippen LogP contribution < -0.4 is 9.46 Å². The minimum Gasteiger partial charge on any atom is -0.496 e. The first-order valence-electron chi connectivity index (χ1n) is 6.95. The van der Waals surface area contributed by atoms with Crippen LogP contribution in [-0.4, -0.2) is 35.2 Å². The molecular weight excluding hydrogens is 306 g/mol. The minimum atomic E-state index is -3.63. The van der Waals surface area contributed by atoms with Crippen LogP contribution in [0.5, 0.6) is 5.75 Å². The Morgan fingerprint density at radius 2 is 1.82 bits per heavy atom. The van der Waals surface area contributed by atoms with E-state index in [1.54, 1.807) is 27.0 Å². The summed E-state index contributed by atoms with van der Waals surface area (Å²) in [5, 5.41) is 0. The van der Waals surface area contributed by atoms with Crippen LogP contribution in [0.1, 0.15) is 29.5 Å². The molecule has 1 aromatic carbocycles. The molecule has 0 saturated heterocycles. The molecule has 1 N–H and O–H groups in total. The Balaban J connectivity index is 2.94. The summed E-state index contributed by atoms with van der Waals surface area (Å²) in [6.07, 6.45) is 0.567. The van der Waals surface area contributed by atoms with Gasteiger partial charge in [0.05, 0.1) is 19.1 Å². The van der Waals surface area contributed by atoms with E-state index < -0.39 is 10.0 Å². The zero-order chi connectivity index (χ0) is 16.9. The van der Waals surface area contributed by atoms with Crippen molar-refractivity contribution in [1.82, 2.24) is 4.72 Å². The summed E-state index contributed by atoms with van der Waals surface area (Å²) in [5.74, 6) is 0.312. The van der Waals surface area contributed by atoms with E-state index in [4.69, 9.17) is 4.74 Å². The fourth-order valence-electron chi connectivity index (χ4n) is 2.26. The third kappa shape index (κ3) is 4.20. The number of methoxy groups -OCH3 is 2. The van der Waals surface area contributed by atoms with Crippen molar-refractivity contribution in [2.45, 2.75) is 38.5 Å². The van der Waals surface area contributed by atoms with Crippen molar-refractivity contribution < 1.29 is 22.7 Å². The maximum atomic E-state index is 12.5. The molecule has 124 valence electrons. The van der Waals surface area contributed by atoms with Gasteiger partial charge in [-0.3, -0.25) is 4.79 Å². The van der Waals surface area contributed by atoms with Gasteiger partial charge in [-0.15, -0.1) is 0 Å². The average molecular weight is 329 g/mol. The van der Waals surface area contributed by atoms with Crippen molar-refractivity contribution in [1.29, 1.82) is 0 Å². The van der Waals surface area contributed by atoms with Gasteiger partial charge in [0.15, 0.2) is 0 Å². The first-order valence-corrected chi connectivity index (χ1v) is 8.44. The van der Waals surface area contributed by atoms with Crippen LogP contribution in [0.2, 0.25) is 0 Å². The van der Waals surface area contributed by atoms with Crippen LogP contribution in [0.4, 0.5) is 0 Å². The number of nitrogens with one attached hydrogen (secondary N) is 1. The topological polar surface area (TPSA) is 81.7 Å². The lowest BCUT2D eigenvalue weighted by molar-refractivity contribution is -0.140. The molecule has 0 aliphatic heterocycles. The molecule has 1 aromatic rings. The minimum absolute atomic E-state index is 0.179. The molecule has 0 saturated carbocycles.